The van der Waals surface area contributed by atoms with Crippen LogP contribution in [0.4, 0.5) is 0 Å². The van der Waals surface area contributed by atoms with Crippen LogP contribution in [0.15, 0.2) is 24.3 Å². The highest BCUT2D eigenvalue weighted by Crippen LogP contribution is 2.33. The van der Waals surface area contributed by atoms with Crippen LogP contribution in [0.3, 0.4) is 0 Å². The molecule has 2 heterocycles. The van der Waals surface area contributed by atoms with Crippen LogP contribution < -0.4 is 5.32 Å². The molecule has 0 radical (unpaired) electrons. The Kier molecular flexibility index (Phi) is 16.5. The van der Waals surface area contributed by atoms with Crippen molar-refractivity contribution < 1.29 is 38.6 Å². The highest BCUT2D eigenvalue weighted by atomic mass is 16.5. The van der Waals surface area contributed by atoms with Crippen molar-refractivity contribution in [3.8, 4) is 0 Å². The lowest BCUT2D eigenvalue weighted by Crippen LogP contribution is -2.56. The predicted octanol–water partition coefficient (Wildman–Crippen LogP) is 4.42. The largest absolute Gasteiger partial charge is 0.480 e. The van der Waals surface area contributed by atoms with Gasteiger partial charge in [0.2, 0.25) is 17.7 Å². The molecule has 1 fully saturated rings. The minimum absolute atomic E-state index is 0.00516. The first kappa shape index (κ1) is 44.0. The fraction of sp³-hybridized carbons (Fsp3) is 0.732. The fourth-order valence-corrected chi connectivity index (χ4v) is 8.61. The number of carbonyl (C=O) groups excluding carboxylic acids is 4. The van der Waals surface area contributed by atoms with Gasteiger partial charge >= 0.3 is 5.97 Å². The Balaban J connectivity index is 1.82. The number of ketones is 1. The Morgan fingerprint density at radius 3 is 2.11 bits per heavy atom. The molecule has 2 N–H and O–H groups in total. The topological polar surface area (TPSA) is 146 Å². The molecule has 53 heavy (non-hydrogen) atoms. The van der Waals surface area contributed by atoms with Crippen LogP contribution in [0.1, 0.15) is 91.7 Å². The number of ether oxygens (including phenoxy) is 2. The number of aliphatic carboxylic acids is 1. The second kappa shape index (κ2) is 19.8. The number of nitrogens with zero attached hydrogens (tertiary/aromatic N) is 3. The van der Waals surface area contributed by atoms with Crippen LogP contribution in [0, 0.1) is 29.6 Å². The molecule has 0 spiro atoms. The molecule has 1 saturated heterocycles. The zero-order valence-corrected chi connectivity index (χ0v) is 34.0. The van der Waals surface area contributed by atoms with Crippen LogP contribution in [-0.2, 0) is 46.4 Å². The van der Waals surface area contributed by atoms with E-state index in [0.717, 1.165) is 24.0 Å². The number of hydrogen-bond donors (Lipinski definition) is 2. The Bertz CT molecular complexity index is 1420. The summed E-state index contributed by atoms with van der Waals surface area (Å²) in [5.41, 5.74) is 1.84. The molecule has 1 unspecified atom stereocenters. The van der Waals surface area contributed by atoms with Gasteiger partial charge in [0.15, 0.2) is 5.78 Å². The summed E-state index contributed by atoms with van der Waals surface area (Å²) in [7, 11) is 6.61. The monoisotopic (exact) mass is 742 g/mol. The van der Waals surface area contributed by atoms with E-state index < -0.39 is 48.1 Å². The third-order valence-corrected chi connectivity index (χ3v) is 11.9. The summed E-state index contributed by atoms with van der Waals surface area (Å²) in [5.74, 6) is -2.92. The number of methoxy groups -OCH3 is 2. The van der Waals surface area contributed by atoms with Crippen LogP contribution in [0.2, 0.25) is 0 Å². The Morgan fingerprint density at radius 1 is 0.943 bits per heavy atom. The minimum Gasteiger partial charge on any atom is -0.480 e. The van der Waals surface area contributed by atoms with E-state index in [1.54, 1.807) is 37.9 Å². The number of carboxylic acid groups (broad SMARTS) is 1. The van der Waals surface area contributed by atoms with Gasteiger partial charge < -0.3 is 34.6 Å². The molecule has 0 aromatic heterocycles. The number of likely N-dealkylation sites (tertiary alicyclic amines) is 1. The van der Waals surface area contributed by atoms with E-state index in [-0.39, 0.29) is 73.1 Å². The third kappa shape index (κ3) is 10.2. The fourth-order valence-electron chi connectivity index (χ4n) is 8.61. The van der Waals surface area contributed by atoms with Crippen LogP contribution in [0.5, 0.6) is 0 Å². The quantitative estimate of drug-likeness (QED) is 0.211. The molecule has 2 aliphatic heterocycles. The summed E-state index contributed by atoms with van der Waals surface area (Å²) < 4.78 is 12.0. The van der Waals surface area contributed by atoms with Crippen molar-refractivity contribution in [3.05, 3.63) is 35.4 Å². The van der Waals surface area contributed by atoms with Gasteiger partial charge in [-0.05, 0) is 48.8 Å². The van der Waals surface area contributed by atoms with Gasteiger partial charge in [-0.15, -0.1) is 0 Å². The lowest BCUT2D eigenvalue weighted by Gasteiger charge is -2.41. The van der Waals surface area contributed by atoms with Crippen molar-refractivity contribution in [2.75, 3.05) is 34.9 Å². The second-order valence-corrected chi connectivity index (χ2v) is 15.9. The highest BCUT2D eigenvalue weighted by molar-refractivity contribution is 5.90. The van der Waals surface area contributed by atoms with Crippen molar-refractivity contribution in [2.24, 2.45) is 29.6 Å². The first-order valence-corrected chi connectivity index (χ1v) is 19.5. The molecule has 3 amide bonds. The summed E-state index contributed by atoms with van der Waals surface area (Å²) >= 11 is 0. The summed E-state index contributed by atoms with van der Waals surface area (Å²) in [6.45, 7) is 14.4. The van der Waals surface area contributed by atoms with Crippen molar-refractivity contribution in [2.45, 2.75) is 130 Å². The number of Topliss-reactive ketones (excluding diaryl/α,β-unsaturated/α-hetero) is 1. The van der Waals surface area contributed by atoms with Crippen molar-refractivity contribution in [1.82, 2.24) is 20.0 Å². The number of carboxylic acids is 1. The Hall–Kier alpha value is -3.35. The molecular formula is C41H66N4O8. The standard InChI is InChI=1S/C41H66N4O8/c1-12-26(6)37(43(9)40(49)30(24(2)3)21-33(46)36(42-8)25(4)5)34(52-10)22-35(47)44-19-15-18-31(44)38(53-11)27(7)39(48)45-23-29-17-14-13-16-28(29)20-32(45)41(50)51/h13-14,16-17,24-27,30-32,34,36-38,42H,12,15,18-23H2,1-11H3,(H,50,51)/t26-,27+,30-,31-,32-,34+,36?,37-,38+/m0/s1. The maximum atomic E-state index is 14.2. The normalized spacial score (nSPS) is 21.4. The van der Waals surface area contributed by atoms with Gasteiger partial charge in [0, 0.05) is 53.1 Å². The number of fused-ring (bicyclic) bond motifs is 1. The van der Waals surface area contributed by atoms with Gasteiger partial charge in [0.05, 0.1) is 42.7 Å². The van der Waals surface area contributed by atoms with Crippen LogP contribution >= 0.6 is 0 Å². The van der Waals surface area contributed by atoms with E-state index in [2.05, 4.69) is 5.32 Å². The number of amides is 3. The van der Waals surface area contributed by atoms with Gasteiger partial charge in [-0.1, -0.05) is 79.2 Å². The molecule has 12 nitrogen and oxygen atoms in total. The van der Waals surface area contributed by atoms with Crippen molar-refractivity contribution in [3.63, 3.8) is 0 Å². The average Bonchev–Trinajstić information content (AvgIpc) is 3.62. The van der Waals surface area contributed by atoms with Crippen LogP contribution in [0.25, 0.3) is 0 Å². The highest BCUT2D eigenvalue weighted by Gasteiger charge is 2.45. The van der Waals surface area contributed by atoms with Gasteiger partial charge in [0.1, 0.15) is 6.04 Å². The first-order chi connectivity index (χ1) is 25.0. The number of hydrogen-bond acceptors (Lipinski definition) is 8. The van der Waals surface area contributed by atoms with Gasteiger partial charge in [-0.25, -0.2) is 4.79 Å². The van der Waals surface area contributed by atoms with E-state index in [9.17, 15) is 29.1 Å². The molecule has 3 rings (SSSR count). The lowest BCUT2D eigenvalue weighted by molar-refractivity contribution is -0.157. The number of nitrogens with one attached hydrogen (secondary N) is 1. The number of likely N-dealkylation sites (N-methyl/N-ethyl adjacent to an activating group) is 2. The van der Waals surface area contributed by atoms with Gasteiger partial charge in [0.25, 0.3) is 0 Å². The maximum Gasteiger partial charge on any atom is 0.326 e. The molecular weight excluding hydrogens is 676 g/mol. The number of carbonyl (C=O) groups is 5. The van der Waals surface area contributed by atoms with Gasteiger partial charge in [-0.2, -0.15) is 0 Å². The lowest BCUT2D eigenvalue weighted by atomic mass is 9.84. The molecule has 1 aromatic carbocycles. The summed E-state index contributed by atoms with van der Waals surface area (Å²) in [6, 6.07) is 5.41. The summed E-state index contributed by atoms with van der Waals surface area (Å²) in [6.07, 6.45) is 1.18. The third-order valence-electron chi connectivity index (χ3n) is 11.9. The Labute approximate surface area is 317 Å². The second-order valence-electron chi connectivity index (χ2n) is 15.9. The van der Waals surface area contributed by atoms with E-state index in [1.165, 1.54) is 12.0 Å². The predicted molar refractivity (Wildman–Crippen MR) is 204 cm³/mol. The zero-order valence-electron chi connectivity index (χ0n) is 34.0. The molecule has 0 saturated carbocycles. The molecule has 12 heteroatoms. The van der Waals surface area contributed by atoms with E-state index in [1.807, 2.05) is 65.8 Å². The summed E-state index contributed by atoms with van der Waals surface area (Å²) in [5, 5.41) is 13.2. The van der Waals surface area contributed by atoms with Gasteiger partial charge in [-0.3, -0.25) is 19.2 Å². The molecule has 9 atom stereocenters. The van der Waals surface area contributed by atoms with E-state index in [0.29, 0.717) is 13.0 Å². The maximum absolute atomic E-state index is 14.2. The van der Waals surface area contributed by atoms with E-state index >= 15 is 0 Å². The number of rotatable bonds is 19. The number of benzene rings is 1. The minimum atomic E-state index is -1.05. The first-order valence-electron chi connectivity index (χ1n) is 19.5. The smallest absolute Gasteiger partial charge is 0.326 e. The zero-order chi connectivity index (χ0) is 39.7. The average molecular weight is 743 g/mol. The molecule has 0 bridgehead atoms. The van der Waals surface area contributed by atoms with Crippen molar-refractivity contribution in [1.29, 1.82) is 0 Å². The van der Waals surface area contributed by atoms with E-state index in [4.69, 9.17) is 9.47 Å². The molecule has 0 aliphatic carbocycles. The molecule has 298 valence electrons. The van der Waals surface area contributed by atoms with Crippen LogP contribution in [-0.4, -0.2) is 121 Å². The molecule has 2 aliphatic rings. The molecule has 1 aromatic rings. The summed E-state index contributed by atoms with van der Waals surface area (Å²) in [4.78, 5) is 73.1. The Morgan fingerprint density at radius 2 is 1.58 bits per heavy atom. The SMILES string of the molecule is CC[C@H](C)[C@@H]([C@@H](CC(=O)N1CCC[C@H]1[C@H](OC)[C@@H](C)C(=O)N1Cc2ccccc2C[C@H]1C(=O)O)OC)N(C)C(=O)[C@@H](CC(=O)C(NC)C(C)C)C(C)C. The van der Waals surface area contributed by atoms with Crippen molar-refractivity contribution >= 4 is 29.5 Å².